The summed E-state index contributed by atoms with van der Waals surface area (Å²) in [6.07, 6.45) is 1.73. The van der Waals surface area contributed by atoms with Gasteiger partial charge in [-0.15, -0.1) is 0 Å². The third-order valence-electron chi connectivity index (χ3n) is 6.44. The third-order valence-corrected chi connectivity index (χ3v) is 6.44. The van der Waals surface area contributed by atoms with Crippen LogP contribution < -0.4 is 15.1 Å². The number of aromatic nitrogens is 2. The Morgan fingerprint density at radius 3 is 2.48 bits per heavy atom. The molecule has 1 aromatic heterocycles. The van der Waals surface area contributed by atoms with Crippen LogP contribution in [0.25, 0.3) is 0 Å². The van der Waals surface area contributed by atoms with Crippen LogP contribution in [0, 0.1) is 0 Å². The van der Waals surface area contributed by atoms with Gasteiger partial charge in [-0.2, -0.15) is 4.98 Å². The van der Waals surface area contributed by atoms with Crippen molar-refractivity contribution in [2.24, 2.45) is 0 Å². The number of hydrogen-bond acceptors (Lipinski definition) is 5. The largest absolute Gasteiger partial charge is 0.362 e. The number of carbonyl (C=O) groups is 1. The van der Waals surface area contributed by atoms with Crippen molar-refractivity contribution in [2.75, 3.05) is 37.0 Å². The molecule has 0 bridgehead atoms. The van der Waals surface area contributed by atoms with Crippen molar-refractivity contribution in [1.82, 2.24) is 20.2 Å². The molecule has 5 rings (SSSR count). The Labute approximate surface area is 195 Å². The summed E-state index contributed by atoms with van der Waals surface area (Å²) >= 11 is 0. The van der Waals surface area contributed by atoms with Gasteiger partial charge in [0.1, 0.15) is 5.82 Å². The lowest BCUT2D eigenvalue weighted by Gasteiger charge is -2.33. The Morgan fingerprint density at radius 2 is 1.70 bits per heavy atom. The molecule has 0 saturated heterocycles. The molecular formula is C26H30N6O. The summed E-state index contributed by atoms with van der Waals surface area (Å²) in [5.74, 6) is 1.68. The summed E-state index contributed by atoms with van der Waals surface area (Å²) in [5, 5.41) is 3.04. The molecule has 2 amide bonds. The molecule has 2 aliphatic heterocycles. The van der Waals surface area contributed by atoms with E-state index in [1.54, 1.807) is 0 Å². The van der Waals surface area contributed by atoms with E-state index in [-0.39, 0.29) is 6.03 Å². The highest BCUT2D eigenvalue weighted by Crippen LogP contribution is 2.30. The molecule has 2 aromatic carbocycles. The van der Waals surface area contributed by atoms with Crippen LogP contribution in [0.4, 0.5) is 16.6 Å². The van der Waals surface area contributed by atoms with E-state index in [1.165, 1.54) is 11.1 Å². The van der Waals surface area contributed by atoms with Gasteiger partial charge >= 0.3 is 6.03 Å². The Kier molecular flexibility index (Phi) is 5.86. The van der Waals surface area contributed by atoms with E-state index in [4.69, 9.17) is 9.97 Å². The summed E-state index contributed by atoms with van der Waals surface area (Å²) in [7, 11) is 4.01. The second-order valence-corrected chi connectivity index (χ2v) is 8.92. The number of urea groups is 1. The molecule has 0 fully saturated rings. The highest BCUT2D eigenvalue weighted by atomic mass is 16.2. The first-order valence-corrected chi connectivity index (χ1v) is 11.5. The second kappa shape index (κ2) is 9.10. The molecule has 170 valence electrons. The zero-order chi connectivity index (χ0) is 22.8. The minimum Gasteiger partial charge on any atom is -0.362 e. The number of anilines is 2. The van der Waals surface area contributed by atoms with Gasteiger partial charge in [0.25, 0.3) is 0 Å². The highest BCUT2D eigenvalue weighted by molar-refractivity contribution is 5.75. The number of benzene rings is 2. The van der Waals surface area contributed by atoms with Crippen LogP contribution >= 0.6 is 0 Å². The first-order valence-electron chi connectivity index (χ1n) is 11.5. The fourth-order valence-electron chi connectivity index (χ4n) is 4.62. The lowest BCUT2D eigenvalue weighted by Crippen LogP contribution is -2.43. The van der Waals surface area contributed by atoms with E-state index in [0.717, 1.165) is 54.5 Å². The molecule has 0 unspecified atom stereocenters. The highest BCUT2D eigenvalue weighted by Gasteiger charge is 2.28. The van der Waals surface area contributed by atoms with Crippen molar-refractivity contribution in [3.8, 4) is 0 Å². The predicted octanol–water partition coefficient (Wildman–Crippen LogP) is 3.37. The number of rotatable bonds is 4. The SMILES string of the molecule is CN(C)c1nc(N2CCc3ccccc3C2)nc2c1CN(C(=O)NCc1ccccc1)CC2. The van der Waals surface area contributed by atoms with Crippen molar-refractivity contribution >= 4 is 17.8 Å². The summed E-state index contributed by atoms with van der Waals surface area (Å²) < 4.78 is 0. The first kappa shape index (κ1) is 21.2. The molecule has 0 spiro atoms. The number of carbonyl (C=O) groups excluding carboxylic acids is 1. The molecule has 33 heavy (non-hydrogen) atoms. The first-order chi connectivity index (χ1) is 16.1. The van der Waals surface area contributed by atoms with Gasteiger partial charge in [-0.3, -0.25) is 0 Å². The monoisotopic (exact) mass is 442 g/mol. The van der Waals surface area contributed by atoms with Gasteiger partial charge in [-0.05, 0) is 23.1 Å². The number of fused-ring (bicyclic) bond motifs is 2. The van der Waals surface area contributed by atoms with Gasteiger partial charge < -0.3 is 20.0 Å². The van der Waals surface area contributed by atoms with Gasteiger partial charge in [-0.1, -0.05) is 54.6 Å². The molecular weight excluding hydrogens is 412 g/mol. The molecule has 0 atom stereocenters. The van der Waals surface area contributed by atoms with E-state index in [2.05, 4.69) is 34.5 Å². The minimum absolute atomic E-state index is 0.0501. The van der Waals surface area contributed by atoms with Crippen molar-refractivity contribution < 1.29 is 4.79 Å². The standard InChI is InChI=1S/C26H30N6O/c1-30(2)24-22-18-32(26(33)27-16-19-8-4-3-5-9-19)15-13-23(22)28-25(29-24)31-14-12-20-10-6-7-11-21(20)17-31/h3-11H,12-18H2,1-2H3,(H,27,33). The molecule has 1 N–H and O–H groups in total. The Bertz CT molecular complexity index is 1150. The lowest BCUT2D eigenvalue weighted by molar-refractivity contribution is 0.191. The van der Waals surface area contributed by atoms with Gasteiger partial charge in [-0.25, -0.2) is 9.78 Å². The summed E-state index contributed by atoms with van der Waals surface area (Å²) in [5.41, 5.74) is 5.94. The van der Waals surface area contributed by atoms with Gasteiger partial charge in [0.2, 0.25) is 5.95 Å². The van der Waals surface area contributed by atoms with Crippen LogP contribution in [0.5, 0.6) is 0 Å². The number of nitrogens with one attached hydrogen (secondary N) is 1. The van der Waals surface area contributed by atoms with Gasteiger partial charge in [0.15, 0.2) is 0 Å². The fourth-order valence-corrected chi connectivity index (χ4v) is 4.62. The average molecular weight is 443 g/mol. The van der Waals surface area contributed by atoms with E-state index in [9.17, 15) is 4.79 Å². The minimum atomic E-state index is -0.0501. The maximum absolute atomic E-state index is 12.8. The van der Waals surface area contributed by atoms with E-state index < -0.39 is 0 Å². The Hall–Kier alpha value is -3.61. The zero-order valence-electron chi connectivity index (χ0n) is 19.3. The van der Waals surface area contributed by atoms with Gasteiger partial charge in [0, 0.05) is 52.3 Å². The average Bonchev–Trinajstić information content (AvgIpc) is 2.86. The van der Waals surface area contributed by atoms with E-state index >= 15 is 0 Å². The molecule has 3 aromatic rings. The predicted molar refractivity (Wildman–Crippen MR) is 130 cm³/mol. The quantitative estimate of drug-likeness (QED) is 0.671. The molecule has 2 aliphatic rings. The normalized spacial score (nSPS) is 15.0. The van der Waals surface area contributed by atoms with Crippen LogP contribution in [0.2, 0.25) is 0 Å². The Balaban J connectivity index is 1.34. The van der Waals surface area contributed by atoms with Crippen LogP contribution in [0.1, 0.15) is 27.9 Å². The summed E-state index contributed by atoms with van der Waals surface area (Å²) in [6.45, 7) is 3.44. The molecule has 0 radical (unpaired) electrons. The summed E-state index contributed by atoms with van der Waals surface area (Å²) in [6, 6.07) is 18.5. The van der Waals surface area contributed by atoms with Crippen molar-refractivity contribution in [3.63, 3.8) is 0 Å². The summed E-state index contributed by atoms with van der Waals surface area (Å²) in [4.78, 5) is 28.9. The Morgan fingerprint density at radius 1 is 0.939 bits per heavy atom. The maximum Gasteiger partial charge on any atom is 0.317 e. The molecule has 3 heterocycles. The van der Waals surface area contributed by atoms with Crippen molar-refractivity contribution in [2.45, 2.75) is 32.5 Å². The van der Waals surface area contributed by atoms with Gasteiger partial charge in [0.05, 0.1) is 12.2 Å². The number of amides is 2. The molecule has 7 nitrogen and oxygen atoms in total. The smallest absolute Gasteiger partial charge is 0.317 e. The van der Waals surface area contributed by atoms with Crippen LogP contribution in [0.3, 0.4) is 0 Å². The second-order valence-electron chi connectivity index (χ2n) is 8.92. The number of hydrogen-bond donors (Lipinski definition) is 1. The molecule has 0 saturated carbocycles. The van der Waals surface area contributed by atoms with E-state index in [0.29, 0.717) is 19.6 Å². The van der Waals surface area contributed by atoms with Crippen molar-refractivity contribution in [3.05, 3.63) is 82.5 Å². The fraction of sp³-hybridized carbons (Fsp3) is 0.346. The van der Waals surface area contributed by atoms with Crippen molar-refractivity contribution in [1.29, 1.82) is 0 Å². The molecule has 0 aliphatic carbocycles. The maximum atomic E-state index is 12.8. The van der Waals surface area contributed by atoms with Crippen LogP contribution in [-0.2, 0) is 32.5 Å². The lowest BCUT2D eigenvalue weighted by atomic mass is 10.0. The van der Waals surface area contributed by atoms with E-state index in [1.807, 2.05) is 54.2 Å². The third kappa shape index (κ3) is 4.49. The number of nitrogens with zero attached hydrogens (tertiary/aromatic N) is 5. The zero-order valence-corrected chi connectivity index (χ0v) is 19.3. The van der Waals surface area contributed by atoms with Crippen LogP contribution in [0.15, 0.2) is 54.6 Å². The van der Waals surface area contributed by atoms with Crippen LogP contribution in [-0.4, -0.2) is 48.1 Å². The topological polar surface area (TPSA) is 64.6 Å². The molecule has 7 heteroatoms.